The molecule has 0 spiro atoms. The molecule has 0 saturated carbocycles. The summed E-state index contributed by atoms with van der Waals surface area (Å²) in [5.74, 6) is -3.70. The number of carbonyl (C=O) groups excluding carboxylic acids is 4. The van der Waals surface area contributed by atoms with E-state index in [0.29, 0.717) is 6.42 Å². The van der Waals surface area contributed by atoms with Crippen LogP contribution in [0, 0.1) is 5.92 Å². The fourth-order valence-electron chi connectivity index (χ4n) is 6.67. The number of aliphatic hydroxyl groups excluding tert-OH is 1. The fourth-order valence-corrected chi connectivity index (χ4v) is 6.67. The van der Waals surface area contributed by atoms with Crippen LogP contribution in [-0.4, -0.2) is 87.0 Å². The van der Waals surface area contributed by atoms with Gasteiger partial charge in [-0.05, 0) is 32.3 Å². The van der Waals surface area contributed by atoms with E-state index in [-0.39, 0.29) is 40.3 Å². The molecule has 2 aliphatic carbocycles. The van der Waals surface area contributed by atoms with Crippen LogP contribution >= 0.6 is 0 Å². The summed E-state index contributed by atoms with van der Waals surface area (Å²) < 4.78 is 17.4. The van der Waals surface area contributed by atoms with Crippen molar-refractivity contribution in [1.82, 2.24) is 5.32 Å². The number of aliphatic hydroxyl groups is 2. The molecule has 7 N–H and O–H groups in total. The highest BCUT2D eigenvalue weighted by Gasteiger charge is 2.49. The molecule has 2 aromatic rings. The number of ether oxygens (including phenoxy) is 3. The molecule has 1 saturated heterocycles. The molecule has 248 valence electrons. The maximum atomic E-state index is 13.8. The minimum Gasteiger partial charge on any atom is -0.507 e. The number of ketones is 3. The first-order chi connectivity index (χ1) is 21.6. The summed E-state index contributed by atoms with van der Waals surface area (Å²) in [7, 11) is 1.33. The standard InChI is InChI=1S/C33H40N2O11/c1-13(2)9-18(34)32(42)35-19-10-22(45-14(3)27(19)37)46-21-12-33(43,15(4)36)11-17-24(21)31(41)26-25(29(17)39)28(38)16-7-6-8-20(44-5)23(16)30(26)40/h6-8,13-14,18-19,21-22,27,37,39,41,43H,9-12,34H2,1-5H3,(H,35,42)/t14-,18-,19-,21-,22-,27?,33-/m0/s1. The van der Waals surface area contributed by atoms with Gasteiger partial charge in [-0.2, -0.15) is 0 Å². The van der Waals surface area contributed by atoms with E-state index in [4.69, 9.17) is 19.9 Å². The number of phenols is 2. The van der Waals surface area contributed by atoms with Crippen molar-refractivity contribution < 1.29 is 53.8 Å². The largest absolute Gasteiger partial charge is 0.507 e. The second-order valence-electron chi connectivity index (χ2n) is 12.8. The van der Waals surface area contributed by atoms with Gasteiger partial charge in [0.05, 0.1) is 48.1 Å². The van der Waals surface area contributed by atoms with E-state index in [1.807, 2.05) is 13.8 Å². The highest BCUT2D eigenvalue weighted by molar-refractivity contribution is 6.31. The first-order valence-corrected chi connectivity index (χ1v) is 15.2. The van der Waals surface area contributed by atoms with Gasteiger partial charge in [0.25, 0.3) is 0 Å². The molecule has 1 aliphatic heterocycles. The zero-order valence-corrected chi connectivity index (χ0v) is 26.3. The van der Waals surface area contributed by atoms with Gasteiger partial charge in [-0.25, -0.2) is 0 Å². The summed E-state index contributed by atoms with van der Waals surface area (Å²) in [4.78, 5) is 53.0. The lowest BCUT2D eigenvalue weighted by molar-refractivity contribution is -0.249. The topological polar surface area (TPSA) is 215 Å². The van der Waals surface area contributed by atoms with E-state index < -0.39 is 101 Å². The van der Waals surface area contributed by atoms with Crippen molar-refractivity contribution in [2.75, 3.05) is 7.11 Å². The van der Waals surface area contributed by atoms with Crippen LogP contribution in [0.2, 0.25) is 0 Å². The Morgan fingerprint density at radius 3 is 2.43 bits per heavy atom. The van der Waals surface area contributed by atoms with E-state index >= 15 is 0 Å². The van der Waals surface area contributed by atoms with Crippen molar-refractivity contribution >= 4 is 23.3 Å². The van der Waals surface area contributed by atoms with Gasteiger partial charge in [-0.3, -0.25) is 19.2 Å². The molecule has 2 aromatic carbocycles. The summed E-state index contributed by atoms with van der Waals surface area (Å²) in [5.41, 5.74) is 2.69. The van der Waals surface area contributed by atoms with Crippen LogP contribution in [0.15, 0.2) is 18.2 Å². The quantitative estimate of drug-likeness (QED) is 0.194. The molecule has 0 bridgehead atoms. The van der Waals surface area contributed by atoms with Crippen LogP contribution in [0.1, 0.15) is 96.0 Å². The second kappa shape index (κ2) is 12.4. The second-order valence-corrected chi connectivity index (χ2v) is 12.8. The van der Waals surface area contributed by atoms with Gasteiger partial charge in [-0.15, -0.1) is 0 Å². The summed E-state index contributed by atoms with van der Waals surface area (Å²) in [6.45, 7) is 6.59. The Hall–Kier alpha value is -3.88. The number of hydrogen-bond acceptors (Lipinski definition) is 12. The molecule has 46 heavy (non-hydrogen) atoms. The first kappa shape index (κ1) is 33.5. The van der Waals surface area contributed by atoms with Crippen molar-refractivity contribution in [1.29, 1.82) is 0 Å². The molecular weight excluding hydrogens is 600 g/mol. The number of Topliss-reactive ketones (excluding diaryl/α,β-unsaturated/α-hetero) is 1. The lowest BCUT2D eigenvalue weighted by atomic mass is 9.72. The Morgan fingerprint density at radius 1 is 1.13 bits per heavy atom. The molecule has 0 aromatic heterocycles. The summed E-state index contributed by atoms with van der Waals surface area (Å²) in [6, 6.07) is 2.75. The average Bonchev–Trinajstić information content (AvgIpc) is 2.99. The number of hydrogen-bond donors (Lipinski definition) is 6. The Balaban J connectivity index is 1.55. The monoisotopic (exact) mass is 640 g/mol. The maximum absolute atomic E-state index is 13.8. The normalized spacial score (nSPS) is 27.8. The van der Waals surface area contributed by atoms with Crippen LogP contribution in [0.4, 0.5) is 0 Å². The third-order valence-corrected chi connectivity index (χ3v) is 9.14. The SMILES string of the molecule is COc1cccc2c1C(=O)c1c(O)c3c(c(O)c1C2=O)C[C@@](O)(C(C)=O)C[C@@H]3O[C@H]1C[C@H](NC(=O)[C@@H](N)CC(C)C)C(O)[C@H](C)O1. The number of nitrogens with one attached hydrogen (secondary N) is 1. The number of fused-ring (bicyclic) bond motifs is 3. The predicted octanol–water partition coefficient (Wildman–Crippen LogP) is 1.56. The third kappa shape index (κ3) is 5.66. The number of aromatic hydroxyl groups is 2. The van der Waals surface area contributed by atoms with Crippen LogP contribution in [0.5, 0.6) is 17.2 Å². The van der Waals surface area contributed by atoms with Crippen LogP contribution in [0.25, 0.3) is 0 Å². The van der Waals surface area contributed by atoms with Gasteiger partial charge in [0.1, 0.15) is 29.0 Å². The number of carbonyl (C=O) groups is 4. The molecule has 7 atom stereocenters. The van der Waals surface area contributed by atoms with Gasteiger partial charge in [-0.1, -0.05) is 26.0 Å². The molecule has 13 nitrogen and oxygen atoms in total. The van der Waals surface area contributed by atoms with Crippen LogP contribution in [0.3, 0.4) is 0 Å². The molecule has 1 heterocycles. The highest BCUT2D eigenvalue weighted by Crippen LogP contribution is 2.52. The van der Waals surface area contributed by atoms with E-state index in [1.165, 1.54) is 25.3 Å². The van der Waals surface area contributed by atoms with Crippen LogP contribution < -0.4 is 15.8 Å². The molecule has 3 aliphatic rings. The molecule has 1 amide bonds. The number of phenolic OH excluding ortho intramolecular Hbond substituents is 2. The third-order valence-electron chi connectivity index (χ3n) is 9.14. The van der Waals surface area contributed by atoms with E-state index in [2.05, 4.69) is 5.32 Å². The van der Waals surface area contributed by atoms with Crippen molar-refractivity contribution in [3.8, 4) is 17.2 Å². The number of rotatable bonds is 8. The Bertz CT molecular complexity index is 1600. The first-order valence-electron chi connectivity index (χ1n) is 15.2. The molecule has 1 fully saturated rings. The van der Waals surface area contributed by atoms with E-state index in [0.717, 1.165) is 6.92 Å². The van der Waals surface area contributed by atoms with Crippen molar-refractivity contribution in [3.63, 3.8) is 0 Å². The zero-order valence-electron chi connectivity index (χ0n) is 26.3. The zero-order chi connectivity index (χ0) is 33.8. The van der Waals surface area contributed by atoms with Crippen molar-refractivity contribution in [2.45, 2.75) is 95.7 Å². The molecule has 0 radical (unpaired) electrons. The van der Waals surface area contributed by atoms with Gasteiger partial charge >= 0.3 is 0 Å². The van der Waals surface area contributed by atoms with Crippen LogP contribution in [-0.2, 0) is 25.5 Å². The molecular formula is C33H40N2O11. The van der Waals surface area contributed by atoms with E-state index in [1.54, 1.807) is 6.92 Å². The highest BCUT2D eigenvalue weighted by atomic mass is 16.7. The number of nitrogens with two attached hydrogens (primary N) is 1. The predicted molar refractivity (Wildman–Crippen MR) is 162 cm³/mol. The van der Waals surface area contributed by atoms with Crippen molar-refractivity contribution in [2.24, 2.45) is 11.7 Å². The minimum absolute atomic E-state index is 0.0405. The molecule has 5 rings (SSSR count). The maximum Gasteiger partial charge on any atom is 0.237 e. The summed E-state index contributed by atoms with van der Waals surface area (Å²) >= 11 is 0. The van der Waals surface area contributed by atoms with Gasteiger partial charge < -0.3 is 45.7 Å². The average molecular weight is 641 g/mol. The van der Waals surface area contributed by atoms with Crippen molar-refractivity contribution in [3.05, 3.63) is 51.6 Å². The lowest BCUT2D eigenvalue weighted by Gasteiger charge is -2.43. The van der Waals surface area contributed by atoms with Gasteiger partial charge in [0, 0.05) is 36.0 Å². The molecule has 13 heteroatoms. The Labute approximate surface area is 265 Å². The number of benzene rings is 2. The van der Waals surface area contributed by atoms with Gasteiger partial charge in [0.2, 0.25) is 11.7 Å². The number of amides is 1. The van der Waals surface area contributed by atoms with E-state index in [9.17, 15) is 39.6 Å². The fraction of sp³-hybridized carbons (Fsp3) is 0.515. The minimum atomic E-state index is -2.07. The summed E-state index contributed by atoms with van der Waals surface area (Å²) in [6.07, 6.45) is -4.95. The molecule has 1 unspecified atom stereocenters. The smallest absolute Gasteiger partial charge is 0.237 e. The summed E-state index contributed by atoms with van der Waals surface area (Å²) in [5, 5.41) is 48.1. The Morgan fingerprint density at radius 2 is 1.80 bits per heavy atom. The van der Waals surface area contributed by atoms with Gasteiger partial charge in [0.15, 0.2) is 17.9 Å². The Kier molecular flexibility index (Phi) is 9.01. The number of methoxy groups -OCH3 is 1. The lowest BCUT2D eigenvalue weighted by Crippen LogP contribution is -2.58.